The minimum atomic E-state index is -0.283. The first-order valence-electron chi connectivity index (χ1n) is 9.76. The molecule has 1 amide bonds. The molecule has 0 radical (unpaired) electrons. The Hall–Kier alpha value is -2.97. The minimum Gasteiger partial charge on any atom is -0.497 e. The van der Waals surface area contributed by atoms with Crippen molar-refractivity contribution in [3.8, 4) is 5.75 Å². The minimum absolute atomic E-state index is 0.0368. The van der Waals surface area contributed by atoms with E-state index < -0.39 is 0 Å². The molecule has 3 aromatic rings. The van der Waals surface area contributed by atoms with E-state index in [1.807, 2.05) is 44.2 Å². The third-order valence-electron chi connectivity index (χ3n) is 5.03. The van der Waals surface area contributed by atoms with Crippen molar-refractivity contribution in [1.29, 1.82) is 0 Å². The summed E-state index contributed by atoms with van der Waals surface area (Å²) < 4.78 is 11.2. The molecular formula is C22H24N4O3S. The Morgan fingerprint density at radius 3 is 2.83 bits per heavy atom. The molecule has 0 bridgehead atoms. The number of methoxy groups -OCH3 is 1. The number of anilines is 2. The topological polar surface area (TPSA) is 76.6 Å². The van der Waals surface area contributed by atoms with Gasteiger partial charge in [0.15, 0.2) is 5.13 Å². The molecule has 4 rings (SSSR count). The van der Waals surface area contributed by atoms with Gasteiger partial charge in [0.2, 0.25) is 0 Å². The van der Waals surface area contributed by atoms with Crippen LogP contribution in [-0.4, -0.2) is 47.6 Å². The third kappa shape index (κ3) is 4.44. The van der Waals surface area contributed by atoms with Crippen LogP contribution in [0.1, 0.15) is 32.7 Å². The molecule has 1 aliphatic rings. The number of amides is 1. The molecule has 0 unspecified atom stereocenters. The van der Waals surface area contributed by atoms with Crippen LogP contribution in [0.15, 0.2) is 42.5 Å². The maximum absolute atomic E-state index is 13.0. The van der Waals surface area contributed by atoms with Crippen LogP contribution in [0.25, 0.3) is 0 Å². The lowest BCUT2D eigenvalue weighted by Gasteiger charge is -2.33. The van der Waals surface area contributed by atoms with Crippen molar-refractivity contribution in [3.63, 3.8) is 0 Å². The highest BCUT2D eigenvalue weighted by molar-refractivity contribution is 7.15. The van der Waals surface area contributed by atoms with Crippen molar-refractivity contribution in [1.82, 2.24) is 14.9 Å². The number of rotatable bonds is 5. The molecule has 0 saturated carbocycles. The molecule has 1 aliphatic heterocycles. The predicted molar refractivity (Wildman–Crippen MR) is 117 cm³/mol. The largest absolute Gasteiger partial charge is 0.497 e. The summed E-state index contributed by atoms with van der Waals surface area (Å²) in [4.78, 5) is 25.1. The van der Waals surface area contributed by atoms with Gasteiger partial charge in [0, 0.05) is 17.0 Å². The van der Waals surface area contributed by atoms with Crippen molar-refractivity contribution < 1.29 is 14.3 Å². The van der Waals surface area contributed by atoms with Crippen LogP contribution in [0, 0.1) is 13.8 Å². The molecule has 1 fully saturated rings. The van der Waals surface area contributed by atoms with E-state index in [0.29, 0.717) is 36.8 Å². The van der Waals surface area contributed by atoms with Crippen LogP contribution in [0.4, 0.5) is 10.9 Å². The number of pyridine rings is 1. The zero-order valence-electron chi connectivity index (χ0n) is 17.2. The number of morpholine rings is 1. The van der Waals surface area contributed by atoms with Crippen LogP contribution >= 0.6 is 11.3 Å². The van der Waals surface area contributed by atoms with Crippen molar-refractivity contribution in [2.45, 2.75) is 20.0 Å². The van der Waals surface area contributed by atoms with Crippen molar-refractivity contribution in [2.24, 2.45) is 0 Å². The Labute approximate surface area is 179 Å². The van der Waals surface area contributed by atoms with Crippen molar-refractivity contribution in [2.75, 3.05) is 32.1 Å². The molecule has 1 saturated heterocycles. The van der Waals surface area contributed by atoms with E-state index in [9.17, 15) is 4.79 Å². The third-order valence-corrected chi connectivity index (χ3v) is 6.02. The Morgan fingerprint density at radius 2 is 2.07 bits per heavy atom. The molecular weight excluding hydrogens is 400 g/mol. The van der Waals surface area contributed by atoms with E-state index in [0.717, 1.165) is 16.5 Å². The van der Waals surface area contributed by atoms with Crippen LogP contribution in [0.2, 0.25) is 0 Å². The number of aromatic nitrogens is 2. The van der Waals surface area contributed by atoms with Gasteiger partial charge in [0.25, 0.3) is 5.91 Å². The number of aryl methyl sites for hydroxylation is 2. The fourth-order valence-corrected chi connectivity index (χ4v) is 4.11. The van der Waals surface area contributed by atoms with E-state index in [1.165, 1.54) is 4.88 Å². The van der Waals surface area contributed by atoms with Crippen LogP contribution < -0.4 is 10.1 Å². The van der Waals surface area contributed by atoms with Gasteiger partial charge >= 0.3 is 0 Å². The van der Waals surface area contributed by atoms with Gasteiger partial charge in [-0.3, -0.25) is 4.79 Å². The molecule has 8 heteroatoms. The first-order chi connectivity index (χ1) is 14.5. The van der Waals surface area contributed by atoms with Crippen LogP contribution in [-0.2, 0) is 4.74 Å². The number of nitrogens with zero attached hydrogens (tertiary/aromatic N) is 3. The molecule has 7 nitrogen and oxygen atoms in total. The summed E-state index contributed by atoms with van der Waals surface area (Å²) in [7, 11) is 1.59. The summed E-state index contributed by atoms with van der Waals surface area (Å²) in [6, 6.07) is 13.0. The SMILES string of the molecule is COc1cccc(C(=O)N2CCO[C@H](c3cccc(Nc4nc(C)c(C)s4)n3)C2)c1. The van der Waals surface area contributed by atoms with E-state index in [4.69, 9.17) is 14.5 Å². The highest BCUT2D eigenvalue weighted by atomic mass is 32.1. The average molecular weight is 425 g/mol. The standard InChI is InChI=1S/C22H24N4O3S/c1-14-15(2)30-22(23-14)25-20-9-5-8-18(24-20)19-13-26(10-11-29-19)21(27)16-6-4-7-17(12-16)28-3/h4-9,12,19H,10-11,13H2,1-3H3,(H,23,24,25)/t19-/m0/s1. The molecule has 1 atom stereocenters. The van der Waals surface area contributed by atoms with Gasteiger partial charge in [0.05, 0.1) is 31.6 Å². The lowest BCUT2D eigenvalue weighted by molar-refractivity contribution is -0.0246. The summed E-state index contributed by atoms with van der Waals surface area (Å²) in [5.41, 5.74) is 2.40. The van der Waals surface area contributed by atoms with Crippen molar-refractivity contribution >= 4 is 28.2 Å². The second kappa shape index (κ2) is 8.81. The molecule has 3 heterocycles. The summed E-state index contributed by atoms with van der Waals surface area (Å²) in [6.45, 7) is 5.49. The summed E-state index contributed by atoms with van der Waals surface area (Å²) in [5.74, 6) is 1.34. The van der Waals surface area contributed by atoms with Gasteiger partial charge in [-0.1, -0.05) is 12.1 Å². The second-order valence-electron chi connectivity index (χ2n) is 7.08. The molecule has 0 aliphatic carbocycles. The van der Waals surface area contributed by atoms with E-state index in [2.05, 4.69) is 10.3 Å². The lowest BCUT2D eigenvalue weighted by atomic mass is 10.1. The molecule has 1 aromatic carbocycles. The highest BCUT2D eigenvalue weighted by Gasteiger charge is 2.27. The fraction of sp³-hybridized carbons (Fsp3) is 0.318. The maximum Gasteiger partial charge on any atom is 0.254 e. The summed E-state index contributed by atoms with van der Waals surface area (Å²) in [5, 5.41) is 4.08. The molecule has 0 spiro atoms. The lowest BCUT2D eigenvalue weighted by Crippen LogP contribution is -2.42. The zero-order valence-corrected chi connectivity index (χ0v) is 18.0. The number of carbonyl (C=O) groups is 1. The number of hydrogen-bond donors (Lipinski definition) is 1. The Bertz CT molecular complexity index is 1030. The normalized spacial score (nSPS) is 16.4. The maximum atomic E-state index is 13.0. The number of ether oxygens (including phenoxy) is 2. The van der Waals surface area contributed by atoms with Gasteiger partial charge in [0.1, 0.15) is 17.7 Å². The van der Waals surface area contributed by atoms with E-state index >= 15 is 0 Å². The second-order valence-corrected chi connectivity index (χ2v) is 8.28. The van der Waals surface area contributed by atoms with E-state index in [1.54, 1.807) is 35.5 Å². The van der Waals surface area contributed by atoms with Crippen molar-refractivity contribution in [3.05, 3.63) is 64.3 Å². The molecule has 156 valence electrons. The number of nitrogens with one attached hydrogen (secondary N) is 1. The van der Waals surface area contributed by atoms with Crippen LogP contribution in [0.3, 0.4) is 0 Å². The molecule has 30 heavy (non-hydrogen) atoms. The Balaban J connectivity index is 1.48. The predicted octanol–water partition coefficient (Wildman–Crippen LogP) is 4.12. The Kier molecular flexibility index (Phi) is 5.96. The average Bonchev–Trinajstić information content (AvgIpc) is 3.10. The first-order valence-corrected chi connectivity index (χ1v) is 10.6. The van der Waals surface area contributed by atoms with Gasteiger partial charge in [-0.25, -0.2) is 9.97 Å². The number of hydrogen-bond acceptors (Lipinski definition) is 7. The van der Waals surface area contributed by atoms with E-state index in [-0.39, 0.29) is 12.0 Å². The monoisotopic (exact) mass is 424 g/mol. The highest BCUT2D eigenvalue weighted by Crippen LogP contribution is 2.27. The molecule has 2 aromatic heterocycles. The molecule has 1 N–H and O–H groups in total. The smallest absolute Gasteiger partial charge is 0.254 e. The number of thiazole rings is 1. The van der Waals surface area contributed by atoms with Crippen LogP contribution in [0.5, 0.6) is 5.75 Å². The fourth-order valence-electron chi connectivity index (χ4n) is 3.29. The quantitative estimate of drug-likeness (QED) is 0.664. The van der Waals surface area contributed by atoms with Gasteiger partial charge in [-0.2, -0.15) is 0 Å². The Morgan fingerprint density at radius 1 is 1.23 bits per heavy atom. The number of benzene rings is 1. The first kappa shape index (κ1) is 20.3. The van der Waals surface area contributed by atoms with Gasteiger partial charge in [-0.15, -0.1) is 11.3 Å². The summed E-state index contributed by atoms with van der Waals surface area (Å²) >= 11 is 1.60. The van der Waals surface area contributed by atoms with Gasteiger partial charge < -0.3 is 19.7 Å². The zero-order chi connectivity index (χ0) is 21.1. The summed E-state index contributed by atoms with van der Waals surface area (Å²) in [6.07, 6.45) is -0.283. The van der Waals surface area contributed by atoms with Gasteiger partial charge in [-0.05, 0) is 44.2 Å². The number of carbonyl (C=O) groups excluding carboxylic acids is 1.